The van der Waals surface area contributed by atoms with Gasteiger partial charge in [-0.2, -0.15) is 0 Å². The van der Waals surface area contributed by atoms with Crippen molar-refractivity contribution in [3.8, 4) is 34.5 Å². The summed E-state index contributed by atoms with van der Waals surface area (Å²) in [5.41, 5.74) is 0. The summed E-state index contributed by atoms with van der Waals surface area (Å²) in [5.74, 6) is 3.21. The summed E-state index contributed by atoms with van der Waals surface area (Å²) in [7, 11) is -0.319. The van der Waals surface area contributed by atoms with Gasteiger partial charge in [0.25, 0.3) is 0 Å². The predicted molar refractivity (Wildman–Crippen MR) is 151 cm³/mol. The van der Waals surface area contributed by atoms with Crippen molar-refractivity contribution in [3.05, 3.63) is 125 Å². The van der Waals surface area contributed by atoms with Crippen molar-refractivity contribution in [1.82, 2.24) is 0 Å². The highest BCUT2D eigenvalue weighted by atomic mass is 127. The third-order valence-corrected chi connectivity index (χ3v) is 8.26. The molecule has 2 N–H and O–H groups in total. The van der Waals surface area contributed by atoms with Crippen molar-refractivity contribution < 1.29 is 19.7 Å². The second-order valence-corrected chi connectivity index (χ2v) is 11.2. The number of halogens is 1. The van der Waals surface area contributed by atoms with Gasteiger partial charge in [0.2, 0.25) is 0 Å². The number of phenolic OH excluding ortho intramolecular Hbond substituents is 2. The van der Waals surface area contributed by atoms with Gasteiger partial charge in [-0.25, -0.2) is 0 Å². The van der Waals surface area contributed by atoms with Crippen LogP contribution in [-0.4, -0.2) is 10.2 Å². The summed E-state index contributed by atoms with van der Waals surface area (Å²) in [6.07, 6.45) is 0. The average molecular weight is 605 g/mol. The number of hydrogen-bond acceptors (Lipinski definition) is 4. The van der Waals surface area contributed by atoms with Crippen LogP contribution in [0, 0.1) is 3.57 Å². The Balaban J connectivity index is 1.41. The maximum atomic E-state index is 9.48. The molecule has 0 spiro atoms. The Morgan fingerprint density at radius 1 is 0.417 bits per heavy atom. The number of benzene rings is 5. The summed E-state index contributed by atoms with van der Waals surface area (Å²) in [5, 5.41) is 19.0. The first kappa shape index (κ1) is 24.1. The number of ether oxygens (including phenoxy) is 2. The molecule has 0 heterocycles. The second-order valence-electron chi connectivity index (χ2n) is 7.89. The van der Waals surface area contributed by atoms with E-state index < -0.39 is 0 Å². The molecule has 0 radical (unpaired) electrons. The van der Waals surface area contributed by atoms with Crippen LogP contribution < -0.4 is 9.47 Å². The van der Waals surface area contributed by atoms with Crippen LogP contribution >= 0.6 is 22.6 Å². The van der Waals surface area contributed by atoms with E-state index in [1.54, 1.807) is 48.5 Å². The highest BCUT2D eigenvalue weighted by Gasteiger charge is 2.29. The van der Waals surface area contributed by atoms with Crippen molar-refractivity contribution in [3.63, 3.8) is 0 Å². The number of aromatic hydroxyl groups is 2. The van der Waals surface area contributed by atoms with E-state index in [1.165, 1.54) is 18.3 Å². The average Bonchev–Trinajstić information content (AvgIpc) is 2.90. The quantitative estimate of drug-likeness (QED) is 0.145. The number of hydrogen-bond donors (Lipinski definition) is 2. The van der Waals surface area contributed by atoms with Gasteiger partial charge in [-0.1, -0.05) is 0 Å². The van der Waals surface area contributed by atoms with Gasteiger partial charge >= 0.3 is 0 Å². The van der Waals surface area contributed by atoms with Gasteiger partial charge in [0.15, 0.2) is 14.7 Å². The van der Waals surface area contributed by atoms with E-state index in [2.05, 4.69) is 71.1 Å². The van der Waals surface area contributed by atoms with Crippen molar-refractivity contribution >= 4 is 33.5 Å². The molecule has 0 unspecified atom stereocenters. The molecular weight excluding hydrogens is 583 g/mol. The Bertz CT molecular complexity index is 1330. The lowest BCUT2D eigenvalue weighted by molar-refractivity contribution is 0.464. The maximum Gasteiger partial charge on any atom is 0.166 e. The summed E-state index contributed by atoms with van der Waals surface area (Å²) in [6.45, 7) is 0. The van der Waals surface area contributed by atoms with Crippen LogP contribution in [0.25, 0.3) is 0 Å². The van der Waals surface area contributed by atoms with Crippen molar-refractivity contribution in [2.24, 2.45) is 0 Å². The standard InChI is InChI=1S/C30H21IO4S/c31-21-1-15-28(16-2-21)36(29-17-11-26(12-18-29)34-24-7-3-22(32)4-8-24)30-19-13-27(14-20-30)35-25-9-5-23(33)6-10-25/h1-20H,(H-,32,33)/p+1. The predicted octanol–water partition coefficient (Wildman–Crippen LogP) is 8.38. The van der Waals surface area contributed by atoms with Crippen LogP contribution in [0.4, 0.5) is 0 Å². The van der Waals surface area contributed by atoms with Crippen molar-refractivity contribution in [1.29, 1.82) is 0 Å². The SMILES string of the molecule is Oc1ccc(Oc2ccc([S+](c3ccc(I)cc3)c3ccc(Oc4ccc(O)cc4)cc3)cc2)cc1. The maximum absolute atomic E-state index is 9.48. The molecule has 5 aromatic carbocycles. The molecule has 36 heavy (non-hydrogen) atoms. The molecule has 0 saturated heterocycles. The molecule has 5 aromatic rings. The lowest BCUT2D eigenvalue weighted by atomic mass is 10.3. The topological polar surface area (TPSA) is 58.9 Å². The van der Waals surface area contributed by atoms with Crippen LogP contribution in [0.2, 0.25) is 0 Å². The Morgan fingerprint density at radius 2 is 0.694 bits per heavy atom. The van der Waals surface area contributed by atoms with Crippen LogP contribution in [-0.2, 0) is 10.9 Å². The Hall–Kier alpha value is -3.62. The minimum absolute atomic E-state index is 0.207. The highest BCUT2D eigenvalue weighted by Crippen LogP contribution is 2.35. The third kappa shape index (κ3) is 5.95. The Morgan fingerprint density at radius 3 is 1.03 bits per heavy atom. The van der Waals surface area contributed by atoms with Crippen LogP contribution in [0.5, 0.6) is 34.5 Å². The first-order valence-corrected chi connectivity index (χ1v) is 13.5. The van der Waals surface area contributed by atoms with Gasteiger partial charge in [-0.3, -0.25) is 0 Å². The normalized spacial score (nSPS) is 10.8. The van der Waals surface area contributed by atoms with E-state index in [0.29, 0.717) is 11.5 Å². The summed E-state index contributed by atoms with van der Waals surface area (Å²) in [4.78, 5) is 3.55. The first-order chi connectivity index (χ1) is 17.5. The fraction of sp³-hybridized carbons (Fsp3) is 0. The van der Waals surface area contributed by atoms with E-state index in [1.807, 2.05) is 24.3 Å². The molecule has 4 nitrogen and oxygen atoms in total. The molecule has 0 aliphatic rings. The molecule has 0 aliphatic heterocycles. The highest BCUT2D eigenvalue weighted by molar-refractivity contribution is 14.1. The monoisotopic (exact) mass is 605 g/mol. The van der Waals surface area contributed by atoms with Gasteiger partial charge in [-0.05, 0) is 144 Å². The molecule has 0 bridgehead atoms. The molecule has 0 saturated carbocycles. The molecule has 5 rings (SSSR count). The molecule has 0 aliphatic carbocycles. The van der Waals surface area contributed by atoms with E-state index in [-0.39, 0.29) is 22.4 Å². The minimum Gasteiger partial charge on any atom is -0.508 e. The molecule has 0 aromatic heterocycles. The van der Waals surface area contributed by atoms with Crippen LogP contribution in [0.15, 0.2) is 136 Å². The summed E-state index contributed by atoms with van der Waals surface area (Å²) >= 11 is 2.32. The zero-order valence-electron chi connectivity index (χ0n) is 19.0. The Kier molecular flexibility index (Phi) is 7.34. The van der Waals surface area contributed by atoms with Gasteiger partial charge in [0.1, 0.15) is 34.5 Å². The summed E-state index contributed by atoms with van der Waals surface area (Å²) in [6, 6.07) is 38.2. The van der Waals surface area contributed by atoms with Gasteiger partial charge < -0.3 is 19.7 Å². The fourth-order valence-corrected chi connectivity index (χ4v) is 5.97. The van der Waals surface area contributed by atoms with E-state index >= 15 is 0 Å². The van der Waals surface area contributed by atoms with E-state index in [9.17, 15) is 10.2 Å². The minimum atomic E-state index is -0.319. The largest absolute Gasteiger partial charge is 0.508 e. The van der Waals surface area contributed by atoms with E-state index in [4.69, 9.17) is 9.47 Å². The fourth-order valence-electron chi connectivity index (χ4n) is 3.57. The van der Waals surface area contributed by atoms with Crippen LogP contribution in [0.1, 0.15) is 0 Å². The van der Waals surface area contributed by atoms with Gasteiger partial charge in [0.05, 0.1) is 10.9 Å². The zero-order chi connectivity index (χ0) is 24.9. The molecule has 0 atom stereocenters. The molecule has 0 fully saturated rings. The van der Waals surface area contributed by atoms with Crippen molar-refractivity contribution in [2.75, 3.05) is 0 Å². The van der Waals surface area contributed by atoms with Crippen molar-refractivity contribution in [2.45, 2.75) is 14.7 Å². The molecule has 0 amide bonds. The lowest BCUT2D eigenvalue weighted by Crippen LogP contribution is -2.05. The smallest absolute Gasteiger partial charge is 0.166 e. The zero-order valence-corrected chi connectivity index (χ0v) is 22.0. The first-order valence-electron chi connectivity index (χ1n) is 11.2. The summed E-state index contributed by atoms with van der Waals surface area (Å²) < 4.78 is 13.1. The van der Waals surface area contributed by atoms with Gasteiger partial charge in [0, 0.05) is 3.57 Å². The third-order valence-electron chi connectivity index (χ3n) is 5.31. The second kappa shape index (κ2) is 11.0. The molecular formula is C30H22IO4S+. The number of phenols is 2. The Labute approximate surface area is 226 Å². The van der Waals surface area contributed by atoms with Crippen LogP contribution in [0.3, 0.4) is 0 Å². The van der Waals surface area contributed by atoms with Gasteiger partial charge in [-0.15, -0.1) is 0 Å². The number of rotatable bonds is 7. The molecule has 6 heteroatoms. The van der Waals surface area contributed by atoms with E-state index in [0.717, 1.165) is 11.5 Å². The molecule has 178 valence electrons. The lowest BCUT2D eigenvalue weighted by Gasteiger charge is -2.11.